The molecule has 54 heavy (non-hydrogen) atoms. The molecule has 0 spiro atoms. The highest BCUT2D eigenvalue weighted by Gasteiger charge is 2.19. The van der Waals surface area contributed by atoms with E-state index in [2.05, 4.69) is 179 Å². The van der Waals surface area contributed by atoms with E-state index in [1.807, 2.05) is 0 Å². The van der Waals surface area contributed by atoms with Gasteiger partial charge in [-0.1, -0.05) is 121 Å². The zero-order valence-corrected chi connectivity index (χ0v) is 29.4. The molecular formula is C49H31N5. The summed E-state index contributed by atoms with van der Waals surface area (Å²) in [5, 5.41) is 9.69. The molecule has 0 unspecified atom stereocenters. The number of aryl methyl sites for hydroxylation is 1. The van der Waals surface area contributed by atoms with Crippen LogP contribution in [-0.4, -0.2) is 24.5 Å². The zero-order valence-electron chi connectivity index (χ0n) is 29.4. The molecule has 5 heteroatoms. The van der Waals surface area contributed by atoms with Crippen molar-refractivity contribution in [2.45, 2.75) is 6.92 Å². The second-order valence-electron chi connectivity index (χ2n) is 14.1. The lowest BCUT2D eigenvalue weighted by Crippen LogP contribution is -1.98. The first-order chi connectivity index (χ1) is 26.6. The van der Waals surface area contributed by atoms with Crippen LogP contribution in [0.2, 0.25) is 0 Å². The van der Waals surface area contributed by atoms with E-state index >= 15 is 0 Å². The lowest BCUT2D eigenvalue weighted by Gasteiger charge is -2.13. The Bertz CT molecular complexity index is 3290. The number of aromatic nitrogens is 5. The van der Waals surface area contributed by atoms with Crippen LogP contribution in [0.15, 0.2) is 170 Å². The van der Waals surface area contributed by atoms with Crippen LogP contribution < -0.4 is 0 Å². The van der Waals surface area contributed by atoms with Gasteiger partial charge in [0.2, 0.25) is 0 Å². The Morgan fingerprint density at radius 1 is 0.426 bits per heavy atom. The molecule has 5 nitrogen and oxygen atoms in total. The van der Waals surface area contributed by atoms with E-state index < -0.39 is 0 Å². The molecule has 0 saturated heterocycles. The van der Waals surface area contributed by atoms with Crippen LogP contribution in [0.25, 0.3) is 105 Å². The molecule has 0 saturated carbocycles. The number of fused-ring (bicyclic) bond motifs is 7. The smallest absolute Gasteiger partial charge is 0.198 e. The summed E-state index contributed by atoms with van der Waals surface area (Å²) in [7, 11) is 0. The Morgan fingerprint density at radius 2 is 1.00 bits per heavy atom. The average molecular weight is 690 g/mol. The van der Waals surface area contributed by atoms with Gasteiger partial charge in [-0.15, -0.1) is 0 Å². The molecule has 11 aromatic rings. The van der Waals surface area contributed by atoms with E-state index in [1.165, 1.54) is 60.0 Å². The first kappa shape index (κ1) is 30.4. The summed E-state index contributed by atoms with van der Waals surface area (Å²) in [5.74, 6) is 0. The van der Waals surface area contributed by atoms with Gasteiger partial charge in [0.25, 0.3) is 0 Å². The second kappa shape index (κ2) is 11.9. The van der Waals surface area contributed by atoms with E-state index in [0.29, 0.717) is 11.3 Å². The van der Waals surface area contributed by atoms with E-state index in [4.69, 9.17) is 9.97 Å². The quantitative estimate of drug-likeness (QED) is 0.185. The Balaban J connectivity index is 1.10. The summed E-state index contributed by atoms with van der Waals surface area (Å²) in [6, 6.07) is 57.2. The van der Waals surface area contributed by atoms with Crippen molar-refractivity contribution in [1.29, 1.82) is 0 Å². The normalized spacial score (nSPS) is 11.8. The first-order valence-electron chi connectivity index (χ1n) is 18.2. The van der Waals surface area contributed by atoms with Gasteiger partial charge in [-0.25, -0.2) is 19.9 Å². The Hall–Kier alpha value is -7.24. The highest BCUT2D eigenvalue weighted by atomic mass is 15.0. The van der Waals surface area contributed by atoms with Gasteiger partial charge in [0.05, 0.1) is 22.4 Å². The summed E-state index contributed by atoms with van der Waals surface area (Å²) in [4.78, 5) is 18.9. The van der Waals surface area contributed by atoms with Crippen molar-refractivity contribution >= 4 is 65.4 Å². The lowest BCUT2D eigenvalue weighted by molar-refractivity contribution is 1.16. The van der Waals surface area contributed by atoms with Crippen LogP contribution in [0.4, 0.5) is 0 Å². The standard InChI is InChI=1S/C49H31N5/c1-30-13-15-32(16-14-30)46-47(53-49-48(52-46)50-23-24-51-49)39-20-18-37-27-40(22-21-36(37)26-39)54-43-12-6-11-41(38-19-17-31-7-2-3-8-33(31)25-38)45(43)42-28-34-9-4-5-10-35(34)29-44(42)54/h2-29H,1H3. The van der Waals surface area contributed by atoms with Gasteiger partial charge in [-0.3, -0.25) is 0 Å². The molecule has 0 amide bonds. The molecular weight excluding hydrogens is 659 g/mol. The van der Waals surface area contributed by atoms with Crippen LogP contribution in [0.1, 0.15) is 5.56 Å². The maximum atomic E-state index is 5.01. The van der Waals surface area contributed by atoms with Gasteiger partial charge >= 0.3 is 0 Å². The second-order valence-corrected chi connectivity index (χ2v) is 14.1. The number of hydrogen-bond donors (Lipinski definition) is 0. The van der Waals surface area contributed by atoms with Crippen molar-refractivity contribution in [2.24, 2.45) is 0 Å². The minimum absolute atomic E-state index is 0.528. The summed E-state index contributed by atoms with van der Waals surface area (Å²) < 4.78 is 2.43. The zero-order chi connectivity index (χ0) is 35.8. The van der Waals surface area contributed by atoms with Crippen LogP contribution in [-0.2, 0) is 0 Å². The fourth-order valence-corrected chi connectivity index (χ4v) is 8.06. The van der Waals surface area contributed by atoms with Crippen LogP contribution in [0.3, 0.4) is 0 Å². The molecule has 0 atom stereocenters. The summed E-state index contributed by atoms with van der Waals surface area (Å²) in [6.45, 7) is 2.09. The largest absolute Gasteiger partial charge is 0.309 e. The average Bonchev–Trinajstić information content (AvgIpc) is 3.55. The van der Waals surface area contributed by atoms with Crippen molar-refractivity contribution in [3.05, 3.63) is 176 Å². The minimum Gasteiger partial charge on any atom is -0.309 e. The molecule has 3 heterocycles. The molecule has 0 aliphatic carbocycles. The van der Waals surface area contributed by atoms with Crippen molar-refractivity contribution in [2.75, 3.05) is 0 Å². The van der Waals surface area contributed by atoms with Crippen molar-refractivity contribution < 1.29 is 0 Å². The number of hydrogen-bond acceptors (Lipinski definition) is 4. The van der Waals surface area contributed by atoms with Crippen molar-refractivity contribution in [1.82, 2.24) is 24.5 Å². The molecule has 0 bridgehead atoms. The fraction of sp³-hybridized carbons (Fsp3) is 0.0204. The van der Waals surface area contributed by atoms with Gasteiger partial charge in [0, 0.05) is 40.0 Å². The van der Waals surface area contributed by atoms with Crippen molar-refractivity contribution in [3.63, 3.8) is 0 Å². The topological polar surface area (TPSA) is 56.5 Å². The summed E-state index contributed by atoms with van der Waals surface area (Å²) in [6.07, 6.45) is 3.32. The third kappa shape index (κ3) is 4.86. The predicted molar refractivity (Wildman–Crippen MR) is 223 cm³/mol. The third-order valence-corrected chi connectivity index (χ3v) is 10.7. The number of rotatable bonds is 4. The van der Waals surface area contributed by atoms with E-state index in [9.17, 15) is 0 Å². The first-order valence-corrected chi connectivity index (χ1v) is 18.2. The molecule has 0 aliphatic rings. The van der Waals surface area contributed by atoms with Crippen LogP contribution in [0.5, 0.6) is 0 Å². The van der Waals surface area contributed by atoms with Gasteiger partial charge in [-0.05, 0) is 92.8 Å². The van der Waals surface area contributed by atoms with Gasteiger partial charge in [0.15, 0.2) is 11.3 Å². The predicted octanol–water partition coefficient (Wildman–Crippen LogP) is 12.3. The number of nitrogens with zero attached hydrogens (tertiary/aromatic N) is 5. The van der Waals surface area contributed by atoms with Gasteiger partial charge < -0.3 is 4.57 Å². The number of benzene rings is 8. The van der Waals surface area contributed by atoms with E-state index in [0.717, 1.165) is 39.0 Å². The molecule has 0 radical (unpaired) electrons. The van der Waals surface area contributed by atoms with E-state index in [-0.39, 0.29) is 0 Å². The molecule has 11 rings (SSSR count). The molecule has 3 aromatic heterocycles. The molecule has 252 valence electrons. The van der Waals surface area contributed by atoms with Crippen molar-refractivity contribution in [3.8, 4) is 39.3 Å². The Labute approximate surface area is 310 Å². The fourth-order valence-electron chi connectivity index (χ4n) is 8.06. The Kier molecular flexibility index (Phi) is 6.70. The molecule has 8 aromatic carbocycles. The monoisotopic (exact) mass is 689 g/mol. The van der Waals surface area contributed by atoms with Gasteiger partial charge in [-0.2, -0.15) is 0 Å². The summed E-state index contributed by atoms with van der Waals surface area (Å²) in [5.41, 5.74) is 11.7. The van der Waals surface area contributed by atoms with E-state index in [1.54, 1.807) is 12.4 Å². The SMILES string of the molecule is Cc1ccc(-c2nc3nccnc3nc2-c2ccc3cc(-n4c5cc6ccccc6cc5c5c(-c6ccc7ccccc7c6)cccc54)ccc3c2)cc1. The highest BCUT2D eigenvalue weighted by molar-refractivity contribution is 6.19. The molecule has 0 aliphatic heterocycles. The minimum atomic E-state index is 0.528. The van der Waals surface area contributed by atoms with Crippen LogP contribution in [0, 0.1) is 6.92 Å². The molecule has 0 N–H and O–H groups in total. The maximum Gasteiger partial charge on any atom is 0.198 e. The highest BCUT2D eigenvalue weighted by Crippen LogP contribution is 2.41. The lowest BCUT2D eigenvalue weighted by atomic mass is 9.96. The van der Waals surface area contributed by atoms with Gasteiger partial charge in [0.1, 0.15) is 0 Å². The molecule has 0 fully saturated rings. The maximum absolute atomic E-state index is 5.01. The summed E-state index contributed by atoms with van der Waals surface area (Å²) >= 11 is 0. The Morgan fingerprint density at radius 3 is 1.78 bits per heavy atom. The third-order valence-electron chi connectivity index (χ3n) is 10.7. The van der Waals surface area contributed by atoms with Crippen LogP contribution >= 0.6 is 0 Å².